The molecule has 0 aliphatic heterocycles. The molecule has 0 amide bonds. The van der Waals surface area contributed by atoms with Crippen molar-refractivity contribution in [3.63, 3.8) is 0 Å². The van der Waals surface area contributed by atoms with Crippen LogP contribution in [0.5, 0.6) is 0 Å². The Morgan fingerprint density at radius 3 is 2.65 bits per heavy atom. The summed E-state index contributed by atoms with van der Waals surface area (Å²) in [6, 6.07) is 16.0. The van der Waals surface area contributed by atoms with Crippen LogP contribution >= 0.6 is 11.8 Å². The summed E-state index contributed by atoms with van der Waals surface area (Å²) in [6.45, 7) is 0.686. The third-order valence-electron chi connectivity index (χ3n) is 2.77. The van der Waals surface area contributed by atoms with Gasteiger partial charge < -0.3 is 0 Å². The molecule has 0 aliphatic carbocycles. The minimum absolute atomic E-state index is 0.686. The van der Waals surface area contributed by atoms with E-state index < -0.39 is 0 Å². The van der Waals surface area contributed by atoms with Crippen molar-refractivity contribution in [2.24, 2.45) is 0 Å². The summed E-state index contributed by atoms with van der Waals surface area (Å²) < 4.78 is 1.82. The van der Waals surface area contributed by atoms with Crippen LogP contribution in [0.3, 0.4) is 0 Å². The van der Waals surface area contributed by atoms with Crippen molar-refractivity contribution < 1.29 is 0 Å². The van der Waals surface area contributed by atoms with Crippen LogP contribution in [-0.4, -0.2) is 25.2 Å². The van der Waals surface area contributed by atoms with Gasteiger partial charge in [-0.15, -0.1) is 5.10 Å². The molecule has 2 aromatic heterocycles. The van der Waals surface area contributed by atoms with Gasteiger partial charge in [-0.3, -0.25) is 0 Å². The molecule has 3 aromatic rings. The minimum atomic E-state index is 0.686. The first kappa shape index (κ1) is 12.8. The van der Waals surface area contributed by atoms with Crippen molar-refractivity contribution in [3.05, 3.63) is 66.1 Å². The van der Waals surface area contributed by atoms with Gasteiger partial charge in [0.2, 0.25) is 0 Å². The van der Waals surface area contributed by atoms with Crippen LogP contribution in [-0.2, 0) is 12.3 Å². The SMILES string of the molecule is c1ccc(Cn2nnnc2CSc2ccccn2)cc1. The lowest BCUT2D eigenvalue weighted by molar-refractivity contribution is 0.631. The Bertz CT molecular complexity index is 654. The molecule has 0 saturated heterocycles. The first-order valence-corrected chi connectivity index (χ1v) is 7.23. The molecular formula is C14H13N5S. The van der Waals surface area contributed by atoms with Crippen LogP contribution in [0.25, 0.3) is 0 Å². The summed E-state index contributed by atoms with van der Waals surface area (Å²) in [6.07, 6.45) is 1.79. The highest BCUT2D eigenvalue weighted by molar-refractivity contribution is 7.98. The highest BCUT2D eigenvalue weighted by atomic mass is 32.2. The van der Waals surface area contributed by atoms with E-state index in [9.17, 15) is 0 Å². The molecule has 0 radical (unpaired) electrons. The highest BCUT2D eigenvalue weighted by Gasteiger charge is 2.07. The average molecular weight is 283 g/mol. The smallest absolute Gasteiger partial charge is 0.161 e. The van der Waals surface area contributed by atoms with E-state index in [1.807, 2.05) is 41.1 Å². The first-order valence-electron chi connectivity index (χ1n) is 6.24. The molecule has 3 rings (SSSR count). The molecule has 6 heteroatoms. The van der Waals surface area contributed by atoms with E-state index in [0.29, 0.717) is 12.3 Å². The lowest BCUT2D eigenvalue weighted by atomic mass is 10.2. The number of aromatic nitrogens is 5. The lowest BCUT2D eigenvalue weighted by Gasteiger charge is -2.04. The van der Waals surface area contributed by atoms with Crippen LogP contribution in [0.2, 0.25) is 0 Å². The Morgan fingerprint density at radius 1 is 1.00 bits per heavy atom. The van der Waals surface area contributed by atoms with E-state index in [1.165, 1.54) is 5.56 Å². The molecule has 100 valence electrons. The maximum atomic E-state index is 4.28. The number of hydrogen-bond acceptors (Lipinski definition) is 5. The zero-order valence-corrected chi connectivity index (χ0v) is 11.6. The molecular weight excluding hydrogens is 270 g/mol. The van der Waals surface area contributed by atoms with Gasteiger partial charge >= 0.3 is 0 Å². The molecule has 0 N–H and O–H groups in total. The first-order chi connectivity index (χ1) is 9.92. The summed E-state index contributed by atoms with van der Waals surface area (Å²) in [4.78, 5) is 4.28. The number of thioether (sulfide) groups is 1. The zero-order valence-electron chi connectivity index (χ0n) is 10.8. The van der Waals surface area contributed by atoms with Crippen molar-refractivity contribution in [1.82, 2.24) is 25.2 Å². The Balaban J connectivity index is 1.68. The molecule has 2 heterocycles. The monoisotopic (exact) mass is 283 g/mol. The summed E-state index contributed by atoms with van der Waals surface area (Å²) in [5, 5.41) is 12.9. The fourth-order valence-corrected chi connectivity index (χ4v) is 2.57. The van der Waals surface area contributed by atoms with Crippen molar-refractivity contribution >= 4 is 11.8 Å². The molecule has 20 heavy (non-hydrogen) atoms. The van der Waals surface area contributed by atoms with Gasteiger partial charge in [0.1, 0.15) is 0 Å². The minimum Gasteiger partial charge on any atom is -0.250 e. The fraction of sp³-hybridized carbons (Fsp3) is 0.143. The van der Waals surface area contributed by atoms with Gasteiger partial charge in [-0.2, -0.15) is 0 Å². The quantitative estimate of drug-likeness (QED) is 0.673. The largest absolute Gasteiger partial charge is 0.250 e. The van der Waals surface area contributed by atoms with Crippen LogP contribution in [0.4, 0.5) is 0 Å². The van der Waals surface area contributed by atoms with Crippen LogP contribution in [0.1, 0.15) is 11.4 Å². The number of benzene rings is 1. The Kier molecular flexibility index (Phi) is 4.03. The van der Waals surface area contributed by atoms with Crippen molar-refractivity contribution in [3.8, 4) is 0 Å². The van der Waals surface area contributed by atoms with Gasteiger partial charge in [0.25, 0.3) is 0 Å². The normalized spacial score (nSPS) is 10.6. The Labute approximate surface area is 121 Å². The third kappa shape index (κ3) is 3.21. The second kappa shape index (κ2) is 6.29. The predicted octanol–water partition coefficient (Wildman–Crippen LogP) is 2.41. The van der Waals surface area contributed by atoms with Gasteiger partial charge in [-0.1, -0.05) is 48.2 Å². The van der Waals surface area contributed by atoms with Gasteiger partial charge in [-0.05, 0) is 28.1 Å². The summed E-state index contributed by atoms with van der Waals surface area (Å²) in [5.41, 5.74) is 1.18. The highest BCUT2D eigenvalue weighted by Crippen LogP contribution is 2.18. The predicted molar refractivity (Wildman–Crippen MR) is 77.2 cm³/mol. The standard InChI is InChI=1S/C14H13N5S/c1-2-6-12(7-3-1)10-19-13(16-17-18-19)11-20-14-8-4-5-9-15-14/h1-9H,10-11H2. The molecule has 5 nitrogen and oxygen atoms in total. The molecule has 0 unspecified atom stereocenters. The third-order valence-corrected chi connectivity index (χ3v) is 3.71. The summed E-state index contributed by atoms with van der Waals surface area (Å²) in [5.74, 6) is 1.56. The van der Waals surface area contributed by atoms with Crippen molar-refractivity contribution in [2.75, 3.05) is 0 Å². The maximum absolute atomic E-state index is 4.28. The number of pyridine rings is 1. The maximum Gasteiger partial charge on any atom is 0.161 e. The summed E-state index contributed by atoms with van der Waals surface area (Å²) in [7, 11) is 0. The molecule has 0 spiro atoms. The molecule has 0 bridgehead atoms. The van der Waals surface area contributed by atoms with Gasteiger partial charge in [0.05, 0.1) is 17.3 Å². The van der Waals surface area contributed by atoms with E-state index in [1.54, 1.807) is 18.0 Å². The number of hydrogen-bond donors (Lipinski definition) is 0. The van der Waals surface area contributed by atoms with Crippen LogP contribution in [0, 0.1) is 0 Å². The fourth-order valence-electron chi connectivity index (χ4n) is 1.78. The second-order valence-electron chi connectivity index (χ2n) is 4.20. The Morgan fingerprint density at radius 2 is 1.85 bits per heavy atom. The van der Waals surface area contributed by atoms with E-state index >= 15 is 0 Å². The molecule has 0 aliphatic rings. The molecule has 0 fully saturated rings. The Hall–Kier alpha value is -2.21. The van der Waals surface area contributed by atoms with Gasteiger partial charge in [0, 0.05) is 6.20 Å². The molecule has 1 aromatic carbocycles. The number of nitrogens with zero attached hydrogens (tertiary/aromatic N) is 5. The van der Waals surface area contributed by atoms with Crippen molar-refractivity contribution in [2.45, 2.75) is 17.3 Å². The second-order valence-corrected chi connectivity index (χ2v) is 5.19. The molecule has 0 atom stereocenters. The zero-order chi connectivity index (χ0) is 13.6. The topological polar surface area (TPSA) is 56.5 Å². The lowest BCUT2D eigenvalue weighted by Crippen LogP contribution is -2.06. The van der Waals surface area contributed by atoms with E-state index in [2.05, 4.69) is 32.6 Å². The number of rotatable bonds is 5. The van der Waals surface area contributed by atoms with Gasteiger partial charge in [0.15, 0.2) is 5.82 Å². The number of tetrazole rings is 1. The van der Waals surface area contributed by atoms with Crippen LogP contribution in [0.15, 0.2) is 59.8 Å². The van der Waals surface area contributed by atoms with E-state index in [4.69, 9.17) is 0 Å². The van der Waals surface area contributed by atoms with E-state index in [0.717, 1.165) is 10.9 Å². The average Bonchev–Trinajstić information content (AvgIpc) is 2.94. The molecule has 0 saturated carbocycles. The van der Waals surface area contributed by atoms with Gasteiger partial charge in [-0.25, -0.2) is 9.67 Å². The van der Waals surface area contributed by atoms with E-state index in [-0.39, 0.29) is 0 Å². The summed E-state index contributed by atoms with van der Waals surface area (Å²) >= 11 is 1.63. The van der Waals surface area contributed by atoms with Crippen LogP contribution < -0.4 is 0 Å². The van der Waals surface area contributed by atoms with Crippen molar-refractivity contribution in [1.29, 1.82) is 0 Å².